The normalized spacial score (nSPS) is 13.2. The molecule has 8 heteroatoms. The largest absolute Gasteiger partial charge is 0.454 e. The maximum atomic E-state index is 12.3. The van der Waals surface area contributed by atoms with Crippen molar-refractivity contribution in [3.8, 4) is 11.5 Å². The van der Waals surface area contributed by atoms with Gasteiger partial charge in [-0.05, 0) is 43.7 Å². The third-order valence-corrected chi connectivity index (χ3v) is 4.53. The van der Waals surface area contributed by atoms with Gasteiger partial charge >= 0.3 is 5.97 Å². The van der Waals surface area contributed by atoms with Crippen molar-refractivity contribution in [3.05, 3.63) is 51.5 Å². The summed E-state index contributed by atoms with van der Waals surface area (Å²) in [7, 11) is 0. The summed E-state index contributed by atoms with van der Waals surface area (Å²) >= 11 is 12.1. The van der Waals surface area contributed by atoms with Crippen LogP contribution in [0.2, 0.25) is 10.0 Å². The molecule has 1 N–H and O–H groups in total. The van der Waals surface area contributed by atoms with E-state index >= 15 is 0 Å². The van der Waals surface area contributed by atoms with E-state index in [1.54, 1.807) is 25.1 Å². The number of hydrogen-bond donors (Lipinski definition) is 1. The van der Waals surface area contributed by atoms with Crippen LogP contribution < -0.4 is 14.8 Å². The molecule has 0 aromatic heterocycles. The van der Waals surface area contributed by atoms with Crippen molar-refractivity contribution < 1.29 is 23.8 Å². The predicted octanol–water partition coefficient (Wildman–Crippen LogP) is 4.21. The van der Waals surface area contributed by atoms with Gasteiger partial charge in [-0.1, -0.05) is 29.3 Å². The van der Waals surface area contributed by atoms with Crippen molar-refractivity contribution in [2.24, 2.45) is 0 Å². The summed E-state index contributed by atoms with van der Waals surface area (Å²) in [5, 5.41) is 3.45. The lowest BCUT2D eigenvalue weighted by atomic mass is 10.2. The second-order valence-corrected chi connectivity index (χ2v) is 6.46. The maximum Gasteiger partial charge on any atom is 0.339 e. The Kier molecular flexibility index (Phi) is 5.25. The van der Waals surface area contributed by atoms with E-state index in [4.69, 9.17) is 37.4 Å². The minimum atomic E-state index is -1.02. The Hall–Kier alpha value is -2.44. The number of carbonyl (C=O) groups excluding carboxylic acids is 2. The molecule has 1 aliphatic rings. The average molecular weight is 396 g/mol. The number of esters is 1. The van der Waals surface area contributed by atoms with Crippen molar-refractivity contribution in [2.45, 2.75) is 20.0 Å². The fraction of sp³-hybridized carbons (Fsp3) is 0.222. The molecule has 1 amide bonds. The molecule has 0 radical (unpaired) electrons. The Morgan fingerprint density at radius 2 is 1.96 bits per heavy atom. The van der Waals surface area contributed by atoms with E-state index in [1.807, 2.05) is 0 Å². The van der Waals surface area contributed by atoms with Crippen LogP contribution in [0.15, 0.2) is 30.3 Å². The zero-order chi connectivity index (χ0) is 18.8. The Balaban J connectivity index is 1.68. The molecule has 1 heterocycles. The standard InChI is InChI=1S/C18H15Cl2NO5/c1-9-12(19)4-3-5-14(9)21-17(22)10(2)26-18(23)11-6-13(20)16-15(7-11)24-8-25-16/h3-7,10H,8H2,1-2H3,(H,21,22)/t10-/m1/s1. The van der Waals surface area contributed by atoms with Crippen LogP contribution >= 0.6 is 23.2 Å². The molecule has 1 aliphatic heterocycles. The third-order valence-electron chi connectivity index (χ3n) is 3.84. The van der Waals surface area contributed by atoms with E-state index in [9.17, 15) is 9.59 Å². The van der Waals surface area contributed by atoms with Crippen molar-refractivity contribution in [1.82, 2.24) is 0 Å². The minimum absolute atomic E-state index is 0.0331. The first-order valence-corrected chi connectivity index (χ1v) is 8.48. The molecule has 1 atom stereocenters. The number of nitrogens with one attached hydrogen (secondary N) is 1. The smallest absolute Gasteiger partial charge is 0.339 e. The zero-order valence-electron chi connectivity index (χ0n) is 14.0. The van der Waals surface area contributed by atoms with E-state index in [0.717, 1.165) is 5.56 Å². The number of fused-ring (bicyclic) bond motifs is 1. The van der Waals surface area contributed by atoms with Gasteiger partial charge in [0.05, 0.1) is 10.6 Å². The summed E-state index contributed by atoms with van der Waals surface area (Å²) in [4.78, 5) is 24.6. The van der Waals surface area contributed by atoms with Crippen LogP contribution in [0.3, 0.4) is 0 Å². The van der Waals surface area contributed by atoms with Gasteiger partial charge in [-0.3, -0.25) is 4.79 Å². The quantitative estimate of drug-likeness (QED) is 0.784. The molecule has 0 unspecified atom stereocenters. The van der Waals surface area contributed by atoms with Gasteiger partial charge in [-0.25, -0.2) is 4.79 Å². The van der Waals surface area contributed by atoms with Crippen molar-refractivity contribution in [3.63, 3.8) is 0 Å². The number of anilines is 1. The number of hydrogen-bond acceptors (Lipinski definition) is 5. The molecule has 0 spiro atoms. The fourth-order valence-electron chi connectivity index (χ4n) is 2.34. The minimum Gasteiger partial charge on any atom is -0.454 e. The molecule has 3 rings (SSSR count). The highest BCUT2D eigenvalue weighted by atomic mass is 35.5. The molecule has 0 bridgehead atoms. The van der Waals surface area contributed by atoms with Gasteiger partial charge in [0, 0.05) is 10.7 Å². The highest BCUT2D eigenvalue weighted by molar-refractivity contribution is 6.32. The molecule has 136 valence electrons. The van der Waals surface area contributed by atoms with Gasteiger partial charge in [0.1, 0.15) is 0 Å². The van der Waals surface area contributed by atoms with Crippen molar-refractivity contribution in [1.29, 1.82) is 0 Å². The number of benzene rings is 2. The monoisotopic (exact) mass is 395 g/mol. The van der Waals surface area contributed by atoms with Crippen LogP contribution in [0.1, 0.15) is 22.8 Å². The first kappa shape index (κ1) is 18.4. The number of ether oxygens (including phenoxy) is 3. The SMILES string of the molecule is Cc1c(Cl)cccc1NC(=O)[C@@H](C)OC(=O)c1cc(Cl)c2c(c1)OCO2. The first-order valence-electron chi connectivity index (χ1n) is 7.73. The fourth-order valence-corrected chi connectivity index (χ4v) is 2.78. The lowest BCUT2D eigenvalue weighted by Crippen LogP contribution is -2.30. The van der Waals surface area contributed by atoms with Gasteiger partial charge in [0.2, 0.25) is 6.79 Å². The maximum absolute atomic E-state index is 12.3. The number of carbonyl (C=O) groups is 2. The number of amides is 1. The number of halogens is 2. The van der Waals surface area contributed by atoms with Crippen molar-refractivity contribution >= 4 is 40.8 Å². The molecular formula is C18H15Cl2NO5. The van der Waals surface area contributed by atoms with Gasteiger partial charge in [0.15, 0.2) is 17.6 Å². The molecule has 26 heavy (non-hydrogen) atoms. The lowest BCUT2D eigenvalue weighted by molar-refractivity contribution is -0.123. The van der Waals surface area contributed by atoms with Gasteiger partial charge in [-0.15, -0.1) is 0 Å². The number of rotatable bonds is 4. The molecule has 2 aromatic carbocycles. The molecule has 0 aliphatic carbocycles. The summed E-state index contributed by atoms with van der Waals surface area (Å²) in [6.45, 7) is 3.29. The Morgan fingerprint density at radius 1 is 1.19 bits per heavy atom. The van der Waals surface area contributed by atoms with Crippen LogP contribution in [0, 0.1) is 6.92 Å². The van der Waals surface area contributed by atoms with Crippen LogP contribution in [0.25, 0.3) is 0 Å². The van der Waals surface area contributed by atoms with E-state index in [1.165, 1.54) is 19.1 Å². The highest BCUT2D eigenvalue weighted by Gasteiger charge is 2.24. The summed E-state index contributed by atoms with van der Waals surface area (Å²) in [5.41, 5.74) is 1.44. The molecule has 0 saturated heterocycles. The van der Waals surface area contributed by atoms with E-state index in [0.29, 0.717) is 22.2 Å². The van der Waals surface area contributed by atoms with Gasteiger partial charge in [0.25, 0.3) is 5.91 Å². The summed E-state index contributed by atoms with van der Waals surface area (Å²) in [5.74, 6) is -0.437. The Labute approximate surface area is 159 Å². The van der Waals surface area contributed by atoms with E-state index in [2.05, 4.69) is 5.32 Å². The van der Waals surface area contributed by atoms with Crippen LogP contribution in [0.4, 0.5) is 5.69 Å². The predicted molar refractivity (Wildman–Crippen MR) is 97.3 cm³/mol. The van der Waals surface area contributed by atoms with E-state index in [-0.39, 0.29) is 17.4 Å². The van der Waals surface area contributed by atoms with Gasteiger partial charge in [-0.2, -0.15) is 0 Å². The van der Waals surface area contributed by atoms with Crippen LogP contribution in [-0.2, 0) is 9.53 Å². The Bertz CT molecular complexity index is 884. The zero-order valence-corrected chi connectivity index (χ0v) is 15.5. The molecule has 0 saturated carbocycles. The summed E-state index contributed by atoms with van der Waals surface area (Å²) in [6, 6.07) is 8.02. The lowest BCUT2D eigenvalue weighted by Gasteiger charge is -2.15. The second-order valence-electron chi connectivity index (χ2n) is 5.64. The highest BCUT2D eigenvalue weighted by Crippen LogP contribution is 2.40. The first-order chi connectivity index (χ1) is 12.4. The average Bonchev–Trinajstić information content (AvgIpc) is 3.08. The molecule has 0 fully saturated rings. The van der Waals surface area contributed by atoms with Gasteiger partial charge < -0.3 is 19.5 Å². The van der Waals surface area contributed by atoms with Crippen molar-refractivity contribution in [2.75, 3.05) is 12.1 Å². The second kappa shape index (κ2) is 7.43. The summed E-state index contributed by atoms with van der Waals surface area (Å²) in [6.07, 6.45) is -1.02. The molecular weight excluding hydrogens is 381 g/mol. The topological polar surface area (TPSA) is 73.9 Å². The van der Waals surface area contributed by atoms with E-state index < -0.39 is 18.0 Å². The molecule has 2 aromatic rings. The van der Waals surface area contributed by atoms with Crippen LogP contribution in [0.5, 0.6) is 11.5 Å². The summed E-state index contributed by atoms with van der Waals surface area (Å²) < 4.78 is 15.6. The Morgan fingerprint density at radius 3 is 2.73 bits per heavy atom. The van der Waals surface area contributed by atoms with Crippen LogP contribution in [-0.4, -0.2) is 24.8 Å². The third kappa shape index (κ3) is 3.71. The molecule has 6 nitrogen and oxygen atoms in total.